The Labute approximate surface area is 509 Å². The number of pyridine rings is 2. The topological polar surface area (TPSA) is 61.7 Å². The Morgan fingerprint density at radius 1 is 0.459 bits per heavy atom. The molecule has 0 unspecified atom stereocenters. The maximum atomic E-state index is 6.47. The minimum Gasteiger partial charge on any atom is -0.501 e. The first-order chi connectivity index (χ1) is 41.3. The summed E-state index contributed by atoms with van der Waals surface area (Å²) in [5, 5.41) is 4.65. The van der Waals surface area contributed by atoms with Crippen molar-refractivity contribution in [2.24, 2.45) is 0 Å². The second kappa shape index (κ2) is 23.5. The van der Waals surface area contributed by atoms with Crippen LogP contribution in [0.5, 0.6) is 0 Å². The Balaban J connectivity index is 0.000000157. The summed E-state index contributed by atoms with van der Waals surface area (Å²) < 4.78 is 11.2. The summed E-state index contributed by atoms with van der Waals surface area (Å²) in [6, 6.07) is 95.1. The van der Waals surface area contributed by atoms with E-state index >= 15 is 0 Å². The van der Waals surface area contributed by atoms with Crippen LogP contribution in [0, 0.1) is 18.2 Å². The van der Waals surface area contributed by atoms with Crippen molar-refractivity contribution in [3.63, 3.8) is 0 Å². The molecular weight excluding hydrogens is 1220 g/mol. The molecule has 6 nitrogen and oxygen atoms in total. The summed E-state index contributed by atoms with van der Waals surface area (Å²) in [4.78, 5) is 14.4. The molecule has 0 aliphatic carbocycles. The van der Waals surface area contributed by atoms with Crippen molar-refractivity contribution in [2.45, 2.75) is 46.0 Å². The number of rotatable bonds is 11. The van der Waals surface area contributed by atoms with Crippen molar-refractivity contribution >= 4 is 54.8 Å². The fourth-order valence-corrected chi connectivity index (χ4v) is 12.0. The number of imidazole rings is 1. The molecule has 410 valence electrons. The molecule has 10 aromatic carbocycles. The Morgan fingerprint density at radius 2 is 1.16 bits per heavy atom. The fourth-order valence-electron chi connectivity index (χ4n) is 12.0. The first-order valence-corrected chi connectivity index (χ1v) is 28.8. The largest absolute Gasteiger partial charge is 3.00 e. The number of fused-ring (bicyclic) bond motifs is 7. The summed E-state index contributed by atoms with van der Waals surface area (Å²) in [6.45, 7) is 9.12. The number of para-hydroxylation sites is 4. The SMILES string of the molecule is CC(C)c1cc(-c2ccccc2)cc(C(C)C)c1-n1c(-c2[c-]ccc3c2oc2ccccc23)nc2ccccc21.[Ir+3].[c-]1ccccc1-c1cc(-c2cccc3c2c2cc(Cc4cc[c-]c(-c5ccccn5)c4)ccc2n3-c2ccccc2)ccn1. The Bertz CT molecular complexity index is 4840. The van der Waals surface area contributed by atoms with Crippen LogP contribution in [-0.4, -0.2) is 24.1 Å². The van der Waals surface area contributed by atoms with Gasteiger partial charge < -0.3 is 23.5 Å². The zero-order chi connectivity index (χ0) is 56.7. The number of nitrogens with zero attached hydrogens (tertiary/aromatic N) is 5. The van der Waals surface area contributed by atoms with Crippen LogP contribution in [0.15, 0.2) is 259 Å². The molecule has 85 heavy (non-hydrogen) atoms. The fraction of sp³-hybridized carbons (Fsp3) is 0.0897. The smallest absolute Gasteiger partial charge is 0.501 e. The average molecular weight is 1270 g/mol. The third-order valence-corrected chi connectivity index (χ3v) is 16.0. The molecule has 15 aromatic rings. The number of aromatic nitrogens is 5. The van der Waals surface area contributed by atoms with Crippen molar-refractivity contribution in [1.29, 1.82) is 0 Å². The van der Waals surface area contributed by atoms with Crippen molar-refractivity contribution < 1.29 is 24.5 Å². The van der Waals surface area contributed by atoms with Crippen molar-refractivity contribution in [3.8, 4) is 67.5 Å². The van der Waals surface area contributed by atoms with E-state index in [0.717, 1.165) is 84.5 Å². The predicted molar refractivity (Wildman–Crippen MR) is 346 cm³/mol. The molecule has 0 saturated heterocycles. The molecule has 0 aliphatic rings. The Kier molecular flexibility index (Phi) is 15.0. The summed E-state index contributed by atoms with van der Waals surface area (Å²) in [5.41, 5.74) is 23.0. The van der Waals surface area contributed by atoms with Crippen LogP contribution in [0.25, 0.3) is 122 Å². The van der Waals surface area contributed by atoms with Gasteiger partial charge in [-0.25, -0.2) is 0 Å². The van der Waals surface area contributed by atoms with Gasteiger partial charge in [0, 0.05) is 39.9 Å². The molecular formula is C78H58IrN5O. The van der Waals surface area contributed by atoms with Gasteiger partial charge in [0.15, 0.2) is 0 Å². The zero-order valence-corrected chi connectivity index (χ0v) is 50.0. The van der Waals surface area contributed by atoms with E-state index in [9.17, 15) is 0 Å². The summed E-state index contributed by atoms with van der Waals surface area (Å²) >= 11 is 0. The quantitative estimate of drug-likeness (QED) is 0.121. The average Bonchev–Trinajstić information content (AvgIpc) is 2.44. The standard InChI is InChI=1S/C41H27N3.C37H31N2O.Ir/c1-3-12-31(13-4-1)38-28-32(22-24-43-38)35-17-10-19-40-41(35)36-27-30(20-21-39(36)44(40)34-15-5-2-6-16-34)25-29-11-9-14-33(26-29)37-18-7-8-23-42-37;1-23(2)30-21-26(25-13-6-5-7-14-25)22-31(24(3)4)35(30)39-33-19-10-9-18-32(33)38-37(39)29-17-12-16-28-27-15-8-11-20-34(27)40-36(28)29;/h1-12,15-24,26-28H,25H2;5-16,18-24H,1-4H3;/q-2;-1;+3. The Hall–Kier alpha value is -9.78. The number of hydrogen-bond donors (Lipinski definition) is 0. The minimum absolute atomic E-state index is 0. The molecule has 0 atom stereocenters. The van der Waals surface area contributed by atoms with Gasteiger partial charge in [-0.3, -0.25) is 4.98 Å². The van der Waals surface area contributed by atoms with Crippen LogP contribution in [0.3, 0.4) is 0 Å². The van der Waals surface area contributed by atoms with Crippen LogP contribution < -0.4 is 0 Å². The number of furan rings is 1. The Morgan fingerprint density at radius 3 is 1.95 bits per heavy atom. The molecule has 0 bridgehead atoms. The van der Waals surface area contributed by atoms with Crippen molar-refractivity contribution in [2.75, 3.05) is 0 Å². The number of hydrogen-bond acceptors (Lipinski definition) is 4. The number of benzene rings is 10. The first kappa shape index (κ1) is 54.5. The third kappa shape index (κ3) is 10.4. The molecule has 7 heteroatoms. The van der Waals surface area contributed by atoms with E-state index in [1.165, 1.54) is 66.4 Å². The van der Waals surface area contributed by atoms with E-state index in [-0.39, 0.29) is 20.1 Å². The van der Waals surface area contributed by atoms with E-state index in [1.54, 1.807) is 0 Å². The molecule has 5 heterocycles. The molecule has 0 spiro atoms. The van der Waals surface area contributed by atoms with E-state index < -0.39 is 0 Å². The summed E-state index contributed by atoms with van der Waals surface area (Å²) in [5.74, 6) is 1.45. The second-order valence-corrected chi connectivity index (χ2v) is 22.1. The first-order valence-electron chi connectivity index (χ1n) is 28.8. The van der Waals surface area contributed by atoms with Gasteiger partial charge in [0.05, 0.1) is 33.5 Å². The monoisotopic (exact) mass is 1270 g/mol. The predicted octanol–water partition coefficient (Wildman–Crippen LogP) is 20.1. The third-order valence-electron chi connectivity index (χ3n) is 16.0. The van der Waals surface area contributed by atoms with E-state index in [1.807, 2.05) is 73.1 Å². The summed E-state index contributed by atoms with van der Waals surface area (Å²) in [6.07, 6.45) is 4.54. The van der Waals surface area contributed by atoms with Gasteiger partial charge in [-0.15, -0.1) is 89.5 Å². The van der Waals surface area contributed by atoms with Gasteiger partial charge in [-0.05, 0) is 141 Å². The molecule has 0 amide bonds. The maximum Gasteiger partial charge on any atom is 3.00 e. The van der Waals surface area contributed by atoms with Gasteiger partial charge in [-0.1, -0.05) is 154 Å². The van der Waals surface area contributed by atoms with Gasteiger partial charge >= 0.3 is 20.1 Å². The normalized spacial score (nSPS) is 11.5. The van der Waals surface area contributed by atoms with Crippen LogP contribution in [0.4, 0.5) is 0 Å². The van der Waals surface area contributed by atoms with Crippen LogP contribution in [0.1, 0.15) is 61.8 Å². The molecule has 0 aliphatic heterocycles. The molecule has 0 N–H and O–H groups in total. The maximum absolute atomic E-state index is 6.47. The molecule has 0 saturated carbocycles. The van der Waals surface area contributed by atoms with Crippen LogP contribution >= 0.6 is 0 Å². The van der Waals surface area contributed by atoms with Gasteiger partial charge in [0.25, 0.3) is 0 Å². The van der Waals surface area contributed by atoms with Crippen molar-refractivity contribution in [1.82, 2.24) is 24.1 Å². The second-order valence-electron chi connectivity index (χ2n) is 22.1. The van der Waals surface area contributed by atoms with E-state index in [0.29, 0.717) is 11.8 Å². The van der Waals surface area contributed by atoms with Crippen molar-refractivity contribution in [3.05, 3.63) is 296 Å². The molecule has 15 rings (SSSR count). The summed E-state index contributed by atoms with van der Waals surface area (Å²) in [7, 11) is 0. The molecule has 0 fully saturated rings. The van der Waals surface area contributed by atoms with E-state index in [2.05, 4.69) is 247 Å². The zero-order valence-electron chi connectivity index (χ0n) is 47.6. The minimum atomic E-state index is 0. The van der Waals surface area contributed by atoms with Crippen LogP contribution in [0.2, 0.25) is 0 Å². The van der Waals surface area contributed by atoms with Gasteiger partial charge in [0.2, 0.25) is 0 Å². The van der Waals surface area contributed by atoms with Gasteiger partial charge in [0.1, 0.15) is 5.58 Å². The van der Waals surface area contributed by atoms with Crippen LogP contribution in [-0.2, 0) is 26.5 Å². The molecule has 5 aromatic heterocycles. The molecule has 0 radical (unpaired) electrons. The van der Waals surface area contributed by atoms with E-state index in [4.69, 9.17) is 9.40 Å². The van der Waals surface area contributed by atoms with Gasteiger partial charge in [-0.2, -0.15) is 0 Å².